The Balaban J connectivity index is 1.95. The monoisotopic (exact) mass is 369 g/mol. The van der Waals surface area contributed by atoms with Gasteiger partial charge in [-0.15, -0.1) is 0 Å². The number of ether oxygens (including phenoxy) is 1. The highest BCUT2D eigenvalue weighted by molar-refractivity contribution is 6.14. The number of nitrogens with one attached hydrogen (secondary N) is 1. The van der Waals surface area contributed by atoms with E-state index in [0.717, 1.165) is 25.9 Å². The first kappa shape index (κ1) is 19.1. The maximum absolute atomic E-state index is 13.9. The van der Waals surface area contributed by atoms with Gasteiger partial charge in [0.2, 0.25) is 5.78 Å². The van der Waals surface area contributed by atoms with E-state index in [1.165, 1.54) is 29.2 Å². The molecule has 0 aromatic heterocycles. The zero-order chi connectivity index (χ0) is 19.4. The van der Waals surface area contributed by atoms with Crippen molar-refractivity contribution in [2.24, 2.45) is 0 Å². The molecule has 1 aliphatic rings. The van der Waals surface area contributed by atoms with Crippen LogP contribution in [0.1, 0.15) is 48.2 Å². The van der Waals surface area contributed by atoms with E-state index in [2.05, 4.69) is 13.8 Å². The highest BCUT2D eigenvalue weighted by Gasteiger charge is 2.31. The lowest BCUT2D eigenvalue weighted by atomic mass is 10.0. The topological polar surface area (TPSA) is 53.8 Å². The van der Waals surface area contributed by atoms with Crippen LogP contribution in [0.2, 0.25) is 0 Å². The van der Waals surface area contributed by atoms with Crippen LogP contribution in [0.5, 0.6) is 11.5 Å². The zero-order valence-corrected chi connectivity index (χ0v) is 15.7. The standard InChI is InChI=1S/C22H24FNO3/c1-3-11-24(12-4-2)14-17-19(25)10-9-16-21(26)20(27-22(16)17)13-15-7-5-6-8-18(15)23/h5-10,13,25H,3-4,11-12,14H2,1-2H3. The molecule has 0 amide bonds. The SMILES string of the molecule is CCC[NH+](CCC)Cc1c([O-])ccc2c1OC(=Cc1ccccc1F)C2=O. The quantitative estimate of drug-likeness (QED) is 0.764. The first-order chi connectivity index (χ1) is 13.0. The summed E-state index contributed by atoms with van der Waals surface area (Å²) in [5.41, 5.74) is 1.18. The molecule has 0 saturated carbocycles. The van der Waals surface area contributed by atoms with Crippen molar-refractivity contribution in [2.75, 3.05) is 13.1 Å². The third-order valence-electron chi connectivity index (χ3n) is 4.72. The fourth-order valence-electron chi connectivity index (χ4n) is 3.45. The van der Waals surface area contributed by atoms with Crippen LogP contribution in [0.25, 0.3) is 6.08 Å². The third kappa shape index (κ3) is 4.03. The van der Waals surface area contributed by atoms with Gasteiger partial charge in [0.25, 0.3) is 0 Å². The van der Waals surface area contributed by atoms with Crippen molar-refractivity contribution in [3.63, 3.8) is 0 Å². The molecular formula is C22H24FNO3. The first-order valence-corrected chi connectivity index (χ1v) is 9.40. The molecular weight excluding hydrogens is 345 g/mol. The van der Waals surface area contributed by atoms with Gasteiger partial charge in [-0.25, -0.2) is 4.39 Å². The number of quaternary nitrogens is 1. The summed E-state index contributed by atoms with van der Waals surface area (Å²) in [4.78, 5) is 14.0. The van der Waals surface area contributed by atoms with Crippen LogP contribution in [-0.2, 0) is 6.54 Å². The van der Waals surface area contributed by atoms with Crippen molar-refractivity contribution in [1.29, 1.82) is 0 Å². The summed E-state index contributed by atoms with van der Waals surface area (Å²) in [7, 11) is 0. The molecule has 2 aromatic rings. The van der Waals surface area contributed by atoms with E-state index in [-0.39, 0.29) is 22.9 Å². The number of carbonyl (C=O) groups excluding carboxylic acids is 1. The van der Waals surface area contributed by atoms with Crippen molar-refractivity contribution in [3.8, 4) is 11.5 Å². The lowest BCUT2D eigenvalue weighted by Crippen LogP contribution is -3.10. The van der Waals surface area contributed by atoms with Crippen molar-refractivity contribution >= 4 is 11.9 Å². The van der Waals surface area contributed by atoms with Gasteiger partial charge in [0, 0.05) is 11.1 Å². The molecule has 0 atom stereocenters. The fraction of sp³-hybridized carbons (Fsp3) is 0.318. The Hall–Kier alpha value is -2.66. The summed E-state index contributed by atoms with van der Waals surface area (Å²) in [6.07, 6.45) is 3.42. The average Bonchev–Trinajstić information content (AvgIpc) is 2.96. The Kier molecular flexibility index (Phi) is 5.91. The van der Waals surface area contributed by atoms with E-state index >= 15 is 0 Å². The maximum Gasteiger partial charge on any atom is 0.231 e. The minimum absolute atomic E-state index is 0.0504. The Morgan fingerprint density at radius 2 is 1.81 bits per heavy atom. The van der Waals surface area contributed by atoms with Crippen LogP contribution in [0, 0.1) is 5.82 Å². The van der Waals surface area contributed by atoms with E-state index in [4.69, 9.17) is 4.74 Å². The number of allylic oxidation sites excluding steroid dienone is 1. The van der Waals surface area contributed by atoms with Crippen LogP contribution >= 0.6 is 0 Å². The summed E-state index contributed by atoms with van der Waals surface area (Å²) < 4.78 is 19.7. The second kappa shape index (κ2) is 8.35. The number of carbonyl (C=O) groups is 1. The highest BCUT2D eigenvalue weighted by Crippen LogP contribution is 2.38. The second-order valence-corrected chi connectivity index (χ2v) is 6.81. The summed E-state index contributed by atoms with van der Waals surface area (Å²) in [6.45, 7) is 6.63. The Labute approximate surface area is 158 Å². The Morgan fingerprint density at radius 3 is 2.48 bits per heavy atom. The lowest BCUT2D eigenvalue weighted by Gasteiger charge is -2.23. The zero-order valence-electron chi connectivity index (χ0n) is 15.7. The minimum Gasteiger partial charge on any atom is -0.872 e. The molecule has 1 aliphatic heterocycles. The maximum atomic E-state index is 13.9. The van der Waals surface area contributed by atoms with Gasteiger partial charge in [0.1, 0.15) is 18.1 Å². The van der Waals surface area contributed by atoms with E-state index in [9.17, 15) is 14.3 Å². The summed E-state index contributed by atoms with van der Waals surface area (Å²) in [5.74, 6) is -0.488. The molecule has 0 radical (unpaired) electrons. The van der Waals surface area contributed by atoms with Crippen LogP contribution in [0.15, 0.2) is 42.2 Å². The molecule has 2 aromatic carbocycles. The molecule has 0 saturated heterocycles. The average molecular weight is 369 g/mol. The normalized spacial score (nSPS) is 14.7. The highest BCUT2D eigenvalue weighted by atomic mass is 19.1. The predicted molar refractivity (Wildman–Crippen MR) is 100 cm³/mol. The molecule has 5 heteroatoms. The molecule has 0 bridgehead atoms. The number of ketones is 1. The smallest absolute Gasteiger partial charge is 0.231 e. The number of hydrogen-bond acceptors (Lipinski definition) is 3. The van der Waals surface area contributed by atoms with Gasteiger partial charge in [-0.1, -0.05) is 43.9 Å². The molecule has 142 valence electrons. The second-order valence-electron chi connectivity index (χ2n) is 6.81. The molecule has 0 fully saturated rings. The molecule has 0 spiro atoms. The van der Waals surface area contributed by atoms with E-state index in [0.29, 0.717) is 23.4 Å². The number of benzene rings is 2. The van der Waals surface area contributed by atoms with Gasteiger partial charge in [0.15, 0.2) is 5.76 Å². The number of Topliss-reactive ketones (excluding diaryl/α,β-unsaturated/α-hetero) is 1. The summed E-state index contributed by atoms with van der Waals surface area (Å²) in [5, 5.41) is 12.5. The van der Waals surface area contributed by atoms with Gasteiger partial charge in [-0.2, -0.15) is 0 Å². The lowest BCUT2D eigenvalue weighted by molar-refractivity contribution is -0.914. The molecule has 27 heavy (non-hydrogen) atoms. The van der Waals surface area contributed by atoms with Crippen LogP contribution < -0.4 is 14.7 Å². The molecule has 0 aliphatic carbocycles. The van der Waals surface area contributed by atoms with Gasteiger partial charge in [-0.05, 0) is 31.1 Å². The largest absolute Gasteiger partial charge is 0.872 e. The van der Waals surface area contributed by atoms with Crippen molar-refractivity contribution in [2.45, 2.75) is 33.2 Å². The van der Waals surface area contributed by atoms with E-state index in [1.54, 1.807) is 18.2 Å². The minimum atomic E-state index is -0.427. The Morgan fingerprint density at radius 1 is 1.11 bits per heavy atom. The van der Waals surface area contributed by atoms with Gasteiger partial charge >= 0.3 is 0 Å². The number of halogens is 1. The van der Waals surface area contributed by atoms with Crippen LogP contribution in [0.4, 0.5) is 4.39 Å². The molecule has 3 rings (SSSR count). The first-order valence-electron chi connectivity index (χ1n) is 9.40. The third-order valence-corrected chi connectivity index (χ3v) is 4.72. The van der Waals surface area contributed by atoms with Crippen LogP contribution in [0.3, 0.4) is 0 Å². The fourth-order valence-corrected chi connectivity index (χ4v) is 3.45. The van der Waals surface area contributed by atoms with Crippen molar-refractivity contribution in [3.05, 3.63) is 64.7 Å². The van der Waals surface area contributed by atoms with Gasteiger partial charge in [-0.3, -0.25) is 4.79 Å². The van der Waals surface area contributed by atoms with E-state index in [1.807, 2.05) is 0 Å². The number of fused-ring (bicyclic) bond motifs is 1. The van der Waals surface area contributed by atoms with Crippen LogP contribution in [-0.4, -0.2) is 18.9 Å². The summed E-state index contributed by atoms with van der Waals surface area (Å²) in [6, 6.07) is 9.12. The molecule has 4 nitrogen and oxygen atoms in total. The van der Waals surface area contributed by atoms with Crippen molar-refractivity contribution in [1.82, 2.24) is 0 Å². The summed E-state index contributed by atoms with van der Waals surface area (Å²) >= 11 is 0. The number of rotatable bonds is 7. The Bertz CT molecular complexity index is 870. The molecule has 1 heterocycles. The molecule has 1 N–H and O–H groups in total. The predicted octanol–water partition coefficient (Wildman–Crippen LogP) is 2.72. The molecule has 0 unspecified atom stereocenters. The van der Waals surface area contributed by atoms with E-state index < -0.39 is 5.82 Å². The number of hydrogen-bond donors (Lipinski definition) is 1. The van der Waals surface area contributed by atoms with Gasteiger partial charge < -0.3 is 14.7 Å². The van der Waals surface area contributed by atoms with Crippen molar-refractivity contribution < 1.29 is 23.9 Å². The van der Waals surface area contributed by atoms with Gasteiger partial charge in [0.05, 0.1) is 18.7 Å².